The molecule has 7 aromatic carbocycles. The fourth-order valence-electron chi connectivity index (χ4n) is 10.2. The van der Waals surface area contributed by atoms with E-state index in [4.69, 9.17) is 0 Å². The molecule has 0 spiro atoms. The lowest BCUT2D eigenvalue weighted by molar-refractivity contribution is 0.125. The summed E-state index contributed by atoms with van der Waals surface area (Å²) >= 11 is 0. The van der Waals surface area contributed by atoms with Crippen molar-refractivity contribution in [2.24, 2.45) is 5.41 Å². The molecule has 1 aliphatic carbocycles. The van der Waals surface area contributed by atoms with E-state index in [1.54, 1.807) is 0 Å². The summed E-state index contributed by atoms with van der Waals surface area (Å²) in [4.78, 5) is 0. The minimum absolute atomic E-state index is 0.0280. The van der Waals surface area contributed by atoms with Crippen LogP contribution in [-0.4, -0.2) is 8.97 Å². The van der Waals surface area contributed by atoms with Crippen LogP contribution in [0, 0.1) is 5.41 Å². The first-order chi connectivity index (χ1) is 25.6. The number of fused-ring (bicyclic) bond motifs is 10. The lowest BCUT2D eigenvalue weighted by Gasteiger charge is -2.44. The van der Waals surface area contributed by atoms with Gasteiger partial charge in [0.15, 0.2) is 0 Å². The molecule has 2 heteroatoms. The van der Waals surface area contributed by atoms with Crippen molar-refractivity contribution in [3.63, 3.8) is 0 Å². The molecular weight excluding hydrogens is 641 g/mol. The zero-order valence-corrected chi connectivity index (χ0v) is 31.3. The molecule has 0 aliphatic heterocycles. The van der Waals surface area contributed by atoms with Crippen LogP contribution in [0.5, 0.6) is 0 Å². The highest BCUT2D eigenvalue weighted by Gasteiger charge is 2.57. The highest BCUT2D eigenvalue weighted by Crippen LogP contribution is 2.63. The number of nitrogens with zero attached hydrogens (tertiary/aromatic N) is 2. The van der Waals surface area contributed by atoms with Crippen molar-refractivity contribution in [3.8, 4) is 27.9 Å². The zero-order valence-electron chi connectivity index (χ0n) is 31.3. The molecule has 0 unspecified atom stereocenters. The molecule has 2 nitrogen and oxygen atoms in total. The zero-order chi connectivity index (χ0) is 36.0. The Bertz CT molecular complexity index is 3130. The Kier molecular flexibility index (Phi) is 5.90. The van der Waals surface area contributed by atoms with E-state index in [0.29, 0.717) is 0 Å². The molecule has 0 bridgehead atoms. The molecule has 0 fully saturated rings. The third-order valence-corrected chi connectivity index (χ3v) is 14.2. The van der Waals surface area contributed by atoms with Gasteiger partial charge in [-0.15, -0.1) is 0 Å². The van der Waals surface area contributed by atoms with Crippen LogP contribution in [0.4, 0.5) is 0 Å². The number of hydrogen-bond acceptors (Lipinski definition) is 0. The lowest BCUT2D eigenvalue weighted by Crippen LogP contribution is -2.42. The predicted octanol–water partition coefficient (Wildman–Crippen LogP) is 13.9. The normalized spacial score (nSPS) is 16.2. The predicted molar refractivity (Wildman–Crippen MR) is 226 cm³/mol. The highest BCUT2D eigenvalue weighted by atomic mass is 15.0. The molecule has 0 radical (unpaired) electrons. The summed E-state index contributed by atoms with van der Waals surface area (Å²) in [5, 5.41) is 7.80. The second kappa shape index (κ2) is 10.2. The van der Waals surface area contributed by atoms with Gasteiger partial charge in [0, 0.05) is 43.6 Å². The molecule has 53 heavy (non-hydrogen) atoms. The molecule has 0 amide bonds. The average Bonchev–Trinajstić information content (AvgIpc) is 3.84. The standard InChI is InChI=1S/C51H42N2/c1-49(2)42-29-40(31-26-27-35-38-22-14-21-37-34-19-11-13-25-45(34)53(48(37)38)46(35)28-31)41(30-43(42)50(3,4)51(49,5)6)39-23-15-20-36-33-18-10-12-24-44(33)52(47(36)39)32-16-8-7-9-17-32/h7-30H,1-6H3. The molecule has 11 rings (SSSR count). The highest BCUT2D eigenvalue weighted by molar-refractivity contribution is 6.23. The topological polar surface area (TPSA) is 9.34 Å². The third-order valence-electron chi connectivity index (χ3n) is 14.2. The molecular formula is C51H42N2. The van der Waals surface area contributed by atoms with Crippen LogP contribution < -0.4 is 0 Å². The van der Waals surface area contributed by atoms with Gasteiger partial charge in [-0.2, -0.15) is 0 Å². The molecule has 3 aromatic heterocycles. The van der Waals surface area contributed by atoms with E-state index in [1.807, 2.05) is 0 Å². The monoisotopic (exact) mass is 682 g/mol. The maximum atomic E-state index is 2.58. The number of aromatic nitrogens is 2. The summed E-state index contributed by atoms with van der Waals surface area (Å²) in [6.45, 7) is 14.8. The van der Waals surface area contributed by atoms with Gasteiger partial charge in [-0.25, -0.2) is 0 Å². The van der Waals surface area contributed by atoms with E-state index in [9.17, 15) is 0 Å². The van der Waals surface area contributed by atoms with Gasteiger partial charge in [0.05, 0.1) is 27.6 Å². The largest absolute Gasteiger partial charge is 0.309 e. The molecule has 1 aliphatic rings. The summed E-state index contributed by atoms with van der Waals surface area (Å²) < 4.78 is 4.99. The average molecular weight is 683 g/mol. The maximum Gasteiger partial charge on any atom is 0.0620 e. The summed E-state index contributed by atoms with van der Waals surface area (Å²) in [5.74, 6) is 0. The van der Waals surface area contributed by atoms with Crippen LogP contribution in [0.2, 0.25) is 0 Å². The van der Waals surface area contributed by atoms with E-state index < -0.39 is 0 Å². The van der Waals surface area contributed by atoms with Gasteiger partial charge in [-0.1, -0.05) is 145 Å². The van der Waals surface area contributed by atoms with E-state index in [2.05, 4.69) is 196 Å². The molecule has 0 N–H and O–H groups in total. The summed E-state index contributed by atoms with van der Waals surface area (Å²) in [6.07, 6.45) is 0. The van der Waals surface area contributed by atoms with E-state index in [0.717, 1.165) is 0 Å². The quantitative estimate of drug-likeness (QED) is 0.175. The Labute approximate surface area is 310 Å². The van der Waals surface area contributed by atoms with Gasteiger partial charge in [0.25, 0.3) is 0 Å². The molecule has 0 saturated carbocycles. The lowest BCUT2D eigenvalue weighted by atomic mass is 9.59. The van der Waals surface area contributed by atoms with Crippen LogP contribution in [-0.2, 0) is 10.8 Å². The van der Waals surface area contributed by atoms with Crippen LogP contribution in [0.1, 0.15) is 52.7 Å². The smallest absolute Gasteiger partial charge is 0.0620 e. The van der Waals surface area contributed by atoms with Crippen molar-refractivity contribution < 1.29 is 0 Å². The number of hydrogen-bond donors (Lipinski definition) is 0. The fraction of sp³-hybridized carbons (Fsp3) is 0.176. The number of rotatable bonds is 3. The van der Waals surface area contributed by atoms with Gasteiger partial charge in [-0.05, 0) is 86.5 Å². The number of benzene rings is 7. The Morgan fingerprint density at radius 1 is 0.377 bits per heavy atom. The van der Waals surface area contributed by atoms with Crippen molar-refractivity contribution in [2.45, 2.75) is 52.4 Å². The Balaban J connectivity index is 1.29. The first-order valence-corrected chi connectivity index (χ1v) is 19.0. The second-order valence-electron chi connectivity index (χ2n) is 17.0. The minimum Gasteiger partial charge on any atom is -0.309 e. The maximum absolute atomic E-state index is 2.58. The van der Waals surface area contributed by atoms with Crippen molar-refractivity contribution in [2.75, 3.05) is 0 Å². The Hall–Kier alpha value is -5.86. The fourth-order valence-corrected chi connectivity index (χ4v) is 10.2. The van der Waals surface area contributed by atoms with Gasteiger partial charge < -0.3 is 8.97 Å². The second-order valence-corrected chi connectivity index (χ2v) is 17.0. The van der Waals surface area contributed by atoms with Gasteiger partial charge >= 0.3 is 0 Å². The SMILES string of the molecule is CC1(C)c2cc(-c3ccc4c5cccc6c7ccccc7n(c4c3)c65)c(-c3cccc4c5ccccc5n(-c5ccccc5)c34)cc2C(C)(C)C1(C)C. The Morgan fingerprint density at radius 3 is 1.60 bits per heavy atom. The van der Waals surface area contributed by atoms with Gasteiger partial charge in [0.2, 0.25) is 0 Å². The van der Waals surface area contributed by atoms with E-state index >= 15 is 0 Å². The van der Waals surface area contributed by atoms with Crippen molar-refractivity contribution in [1.29, 1.82) is 0 Å². The van der Waals surface area contributed by atoms with Crippen molar-refractivity contribution in [3.05, 3.63) is 157 Å². The van der Waals surface area contributed by atoms with Crippen molar-refractivity contribution >= 4 is 59.9 Å². The van der Waals surface area contributed by atoms with E-state index in [-0.39, 0.29) is 16.2 Å². The van der Waals surface area contributed by atoms with Crippen LogP contribution >= 0.6 is 0 Å². The first-order valence-electron chi connectivity index (χ1n) is 19.0. The van der Waals surface area contributed by atoms with Crippen LogP contribution in [0.15, 0.2) is 146 Å². The molecule has 10 aromatic rings. The van der Waals surface area contributed by atoms with E-state index in [1.165, 1.54) is 99.0 Å². The van der Waals surface area contributed by atoms with Gasteiger partial charge in [-0.3, -0.25) is 0 Å². The third kappa shape index (κ3) is 3.74. The summed E-state index contributed by atoms with van der Waals surface area (Å²) in [6, 6.07) is 54.7. The Morgan fingerprint density at radius 2 is 0.906 bits per heavy atom. The summed E-state index contributed by atoms with van der Waals surface area (Å²) in [7, 11) is 0. The molecule has 256 valence electrons. The minimum atomic E-state index is -0.0333. The van der Waals surface area contributed by atoms with Crippen molar-refractivity contribution in [1.82, 2.24) is 8.97 Å². The van der Waals surface area contributed by atoms with Gasteiger partial charge in [0.1, 0.15) is 0 Å². The molecule has 3 heterocycles. The first kappa shape index (κ1) is 30.7. The van der Waals surface area contributed by atoms with Crippen LogP contribution in [0.3, 0.4) is 0 Å². The van der Waals surface area contributed by atoms with Crippen LogP contribution in [0.25, 0.3) is 87.8 Å². The molecule has 0 saturated heterocycles. The molecule has 0 atom stereocenters. The summed E-state index contributed by atoms with van der Waals surface area (Å²) in [5.41, 5.74) is 15.5. The number of para-hydroxylation sites is 5.